The van der Waals surface area contributed by atoms with Gasteiger partial charge in [-0.05, 0) is 48.8 Å². The van der Waals surface area contributed by atoms with Crippen LogP contribution in [0.1, 0.15) is 48.4 Å². The van der Waals surface area contributed by atoms with E-state index in [-0.39, 0.29) is 24.0 Å². The molecule has 2 amide bonds. The maximum absolute atomic E-state index is 13.2. The first-order chi connectivity index (χ1) is 13.6. The minimum atomic E-state index is -0.721. The van der Waals surface area contributed by atoms with Crippen molar-refractivity contribution >= 4 is 12.0 Å². The average Bonchev–Trinajstić information content (AvgIpc) is 2.73. The number of aliphatic carboxylic acids is 1. The molecule has 0 saturated heterocycles. The zero-order valence-electron chi connectivity index (χ0n) is 15.9. The molecule has 2 aromatic carbocycles. The second-order valence-electron chi connectivity index (χ2n) is 7.86. The highest BCUT2D eigenvalue weighted by atomic mass is 16.4. The number of carboxylic acid groups (broad SMARTS) is 1. The van der Waals surface area contributed by atoms with Crippen LogP contribution < -0.4 is 5.32 Å². The average molecular weight is 378 g/mol. The van der Waals surface area contributed by atoms with Gasteiger partial charge in [-0.25, -0.2) is 4.79 Å². The number of amides is 2. The Morgan fingerprint density at radius 1 is 0.893 bits per heavy atom. The SMILES string of the molecule is O=C(O)C1CCC(NC(=O)N2Cc3ccccc3CC2c2ccccc2)CC1. The first-order valence-corrected chi connectivity index (χ1v) is 10.0. The van der Waals surface area contributed by atoms with Gasteiger partial charge in [0.25, 0.3) is 0 Å². The molecule has 5 heteroatoms. The number of carbonyl (C=O) groups excluding carboxylic acids is 1. The molecule has 0 bridgehead atoms. The summed E-state index contributed by atoms with van der Waals surface area (Å²) in [6.45, 7) is 0.589. The predicted molar refractivity (Wildman–Crippen MR) is 107 cm³/mol. The van der Waals surface area contributed by atoms with Gasteiger partial charge in [-0.15, -0.1) is 0 Å². The summed E-state index contributed by atoms with van der Waals surface area (Å²) in [6.07, 6.45) is 3.52. The summed E-state index contributed by atoms with van der Waals surface area (Å²) in [6, 6.07) is 18.5. The van der Waals surface area contributed by atoms with E-state index >= 15 is 0 Å². The van der Waals surface area contributed by atoms with Gasteiger partial charge in [0.15, 0.2) is 0 Å². The molecular weight excluding hydrogens is 352 g/mol. The summed E-state index contributed by atoms with van der Waals surface area (Å²) in [5.74, 6) is -0.992. The molecule has 1 aliphatic heterocycles. The van der Waals surface area contributed by atoms with E-state index in [1.54, 1.807) is 0 Å². The van der Waals surface area contributed by atoms with Crippen LogP contribution in [0.25, 0.3) is 0 Å². The summed E-state index contributed by atoms with van der Waals surface area (Å²) in [4.78, 5) is 26.3. The van der Waals surface area contributed by atoms with Gasteiger partial charge in [-0.2, -0.15) is 0 Å². The lowest BCUT2D eigenvalue weighted by Crippen LogP contribution is -2.49. The van der Waals surface area contributed by atoms with Gasteiger partial charge in [-0.3, -0.25) is 4.79 Å². The summed E-state index contributed by atoms with van der Waals surface area (Å²) in [5.41, 5.74) is 3.63. The summed E-state index contributed by atoms with van der Waals surface area (Å²) in [7, 11) is 0. The largest absolute Gasteiger partial charge is 0.481 e. The number of fused-ring (bicyclic) bond motifs is 1. The van der Waals surface area contributed by atoms with Crippen molar-refractivity contribution in [2.75, 3.05) is 0 Å². The standard InChI is InChI=1S/C23H26N2O3/c26-22(27)17-10-12-20(13-11-17)24-23(28)25-15-19-9-5-4-8-18(19)14-21(25)16-6-2-1-3-7-16/h1-9,17,20-21H,10-15H2,(H,24,28)(H,26,27). The maximum atomic E-state index is 13.2. The van der Waals surface area contributed by atoms with E-state index < -0.39 is 5.97 Å². The zero-order chi connectivity index (χ0) is 19.5. The maximum Gasteiger partial charge on any atom is 0.318 e. The van der Waals surface area contributed by atoms with Crippen molar-refractivity contribution in [3.05, 3.63) is 71.3 Å². The van der Waals surface area contributed by atoms with Crippen molar-refractivity contribution in [2.45, 2.75) is 50.7 Å². The molecule has 2 N–H and O–H groups in total. The fourth-order valence-corrected chi connectivity index (χ4v) is 4.45. The molecule has 1 fully saturated rings. The first-order valence-electron chi connectivity index (χ1n) is 10.0. The van der Waals surface area contributed by atoms with E-state index in [0.29, 0.717) is 19.4 Å². The van der Waals surface area contributed by atoms with Crippen molar-refractivity contribution in [1.29, 1.82) is 0 Å². The van der Waals surface area contributed by atoms with Crippen molar-refractivity contribution in [3.8, 4) is 0 Å². The highest BCUT2D eigenvalue weighted by Gasteiger charge is 2.33. The summed E-state index contributed by atoms with van der Waals surface area (Å²) < 4.78 is 0. The van der Waals surface area contributed by atoms with Gasteiger partial charge in [0.05, 0.1) is 12.0 Å². The van der Waals surface area contributed by atoms with Crippen LogP contribution in [-0.4, -0.2) is 28.0 Å². The fourth-order valence-electron chi connectivity index (χ4n) is 4.45. The van der Waals surface area contributed by atoms with E-state index in [0.717, 1.165) is 24.8 Å². The fraction of sp³-hybridized carbons (Fsp3) is 0.391. The normalized spacial score (nSPS) is 24.3. The van der Waals surface area contributed by atoms with Gasteiger partial charge >= 0.3 is 12.0 Å². The second-order valence-corrected chi connectivity index (χ2v) is 7.86. The Morgan fingerprint density at radius 3 is 2.21 bits per heavy atom. The number of benzene rings is 2. The number of urea groups is 1. The Kier molecular flexibility index (Phi) is 5.33. The topological polar surface area (TPSA) is 69.6 Å². The third kappa shape index (κ3) is 3.88. The molecule has 146 valence electrons. The molecule has 0 radical (unpaired) electrons. The first kappa shape index (κ1) is 18.5. The lowest BCUT2D eigenvalue weighted by molar-refractivity contribution is -0.142. The predicted octanol–water partition coefficient (Wildman–Crippen LogP) is 4.14. The van der Waals surface area contributed by atoms with Crippen LogP contribution in [0.3, 0.4) is 0 Å². The zero-order valence-corrected chi connectivity index (χ0v) is 15.9. The van der Waals surface area contributed by atoms with Crippen molar-refractivity contribution in [1.82, 2.24) is 10.2 Å². The summed E-state index contributed by atoms with van der Waals surface area (Å²) >= 11 is 0. The van der Waals surface area contributed by atoms with E-state index in [1.165, 1.54) is 11.1 Å². The Morgan fingerprint density at radius 2 is 1.54 bits per heavy atom. The third-order valence-electron chi connectivity index (χ3n) is 6.10. The van der Waals surface area contributed by atoms with Crippen LogP contribution in [0.15, 0.2) is 54.6 Å². The number of rotatable bonds is 3. The monoisotopic (exact) mass is 378 g/mol. The minimum absolute atomic E-state index is 0.00598. The molecule has 1 heterocycles. The molecule has 1 aliphatic carbocycles. The highest BCUT2D eigenvalue weighted by Crippen LogP contribution is 2.33. The molecule has 28 heavy (non-hydrogen) atoms. The molecule has 0 spiro atoms. The third-order valence-corrected chi connectivity index (χ3v) is 6.10. The molecule has 1 saturated carbocycles. The van der Waals surface area contributed by atoms with Crippen molar-refractivity contribution in [2.24, 2.45) is 5.92 Å². The Bertz CT molecular complexity index is 844. The molecule has 1 unspecified atom stereocenters. The molecule has 2 aliphatic rings. The Balaban J connectivity index is 1.50. The lowest BCUT2D eigenvalue weighted by atomic mass is 9.86. The molecule has 4 rings (SSSR count). The van der Waals surface area contributed by atoms with Crippen LogP contribution in [0.2, 0.25) is 0 Å². The molecule has 1 atom stereocenters. The van der Waals surface area contributed by atoms with Crippen molar-refractivity contribution in [3.63, 3.8) is 0 Å². The molecule has 2 aromatic rings. The smallest absolute Gasteiger partial charge is 0.318 e. The number of hydrogen-bond donors (Lipinski definition) is 2. The van der Waals surface area contributed by atoms with E-state index in [9.17, 15) is 9.59 Å². The molecule has 5 nitrogen and oxygen atoms in total. The van der Waals surface area contributed by atoms with Crippen LogP contribution in [0, 0.1) is 5.92 Å². The van der Waals surface area contributed by atoms with Gasteiger partial charge in [0.2, 0.25) is 0 Å². The number of carboxylic acids is 1. The molecular formula is C23H26N2O3. The lowest BCUT2D eigenvalue weighted by Gasteiger charge is -2.38. The Hall–Kier alpha value is -2.82. The van der Waals surface area contributed by atoms with E-state index in [1.807, 2.05) is 29.2 Å². The minimum Gasteiger partial charge on any atom is -0.481 e. The van der Waals surface area contributed by atoms with Gasteiger partial charge < -0.3 is 15.3 Å². The van der Waals surface area contributed by atoms with Crippen LogP contribution in [0.4, 0.5) is 4.79 Å². The second kappa shape index (κ2) is 8.05. The van der Waals surface area contributed by atoms with Crippen LogP contribution in [-0.2, 0) is 17.8 Å². The van der Waals surface area contributed by atoms with Gasteiger partial charge in [-0.1, -0.05) is 54.6 Å². The van der Waals surface area contributed by atoms with E-state index in [4.69, 9.17) is 5.11 Å². The molecule has 0 aromatic heterocycles. The summed E-state index contributed by atoms with van der Waals surface area (Å²) in [5, 5.41) is 12.3. The number of carbonyl (C=O) groups is 2. The van der Waals surface area contributed by atoms with Crippen LogP contribution >= 0.6 is 0 Å². The number of hydrogen-bond acceptors (Lipinski definition) is 2. The highest BCUT2D eigenvalue weighted by molar-refractivity contribution is 5.76. The quantitative estimate of drug-likeness (QED) is 0.843. The van der Waals surface area contributed by atoms with Gasteiger partial charge in [0, 0.05) is 12.6 Å². The number of nitrogens with one attached hydrogen (secondary N) is 1. The van der Waals surface area contributed by atoms with E-state index in [2.05, 4.69) is 35.6 Å². The van der Waals surface area contributed by atoms with Crippen molar-refractivity contribution < 1.29 is 14.7 Å². The van der Waals surface area contributed by atoms with Gasteiger partial charge in [0.1, 0.15) is 0 Å². The Labute approximate surface area is 165 Å². The van der Waals surface area contributed by atoms with Crippen LogP contribution in [0.5, 0.6) is 0 Å². The number of nitrogens with zero attached hydrogens (tertiary/aromatic N) is 1.